The van der Waals surface area contributed by atoms with Gasteiger partial charge in [0, 0.05) is 6.04 Å². The lowest BCUT2D eigenvalue weighted by atomic mass is 9.86. The highest BCUT2D eigenvalue weighted by molar-refractivity contribution is 5.67. The fourth-order valence-corrected chi connectivity index (χ4v) is 2.62. The molecule has 1 saturated carbocycles. The van der Waals surface area contributed by atoms with Crippen molar-refractivity contribution in [3.8, 4) is 5.88 Å². The Labute approximate surface area is 115 Å². The van der Waals surface area contributed by atoms with Gasteiger partial charge >= 0.3 is 0 Å². The summed E-state index contributed by atoms with van der Waals surface area (Å²) in [6.45, 7) is 6.62. The van der Waals surface area contributed by atoms with E-state index in [0.29, 0.717) is 36.0 Å². The lowest BCUT2D eigenvalue weighted by Crippen LogP contribution is -2.31. The maximum Gasteiger partial charge on any atom is 0.242 e. The van der Waals surface area contributed by atoms with Gasteiger partial charge in [0.1, 0.15) is 11.5 Å². The average Bonchev–Trinajstić information content (AvgIpc) is 2.38. The number of hydrogen-bond acceptors (Lipinski definition) is 5. The van der Waals surface area contributed by atoms with E-state index in [4.69, 9.17) is 10.5 Å². The van der Waals surface area contributed by atoms with E-state index < -0.39 is 0 Å². The summed E-state index contributed by atoms with van der Waals surface area (Å²) in [6, 6.07) is 0.444. The molecule has 0 spiro atoms. The molecule has 0 amide bonds. The first-order valence-electron chi connectivity index (χ1n) is 7.15. The van der Waals surface area contributed by atoms with Crippen LogP contribution in [0.5, 0.6) is 5.88 Å². The molecule has 1 fully saturated rings. The van der Waals surface area contributed by atoms with Crippen LogP contribution in [0.4, 0.5) is 11.5 Å². The third-order valence-electron chi connectivity index (χ3n) is 3.74. The van der Waals surface area contributed by atoms with Crippen LogP contribution in [-0.4, -0.2) is 22.6 Å². The number of aromatic nitrogens is 2. The summed E-state index contributed by atoms with van der Waals surface area (Å²) in [4.78, 5) is 8.65. The van der Waals surface area contributed by atoms with Crippen molar-refractivity contribution >= 4 is 11.5 Å². The van der Waals surface area contributed by atoms with E-state index in [9.17, 15) is 0 Å². The van der Waals surface area contributed by atoms with Crippen LogP contribution in [-0.2, 0) is 0 Å². The summed E-state index contributed by atoms with van der Waals surface area (Å²) < 4.78 is 5.46. The SMILES string of the molecule is CCOc1nc(C)nc(NC2CCCCC2C)c1N. The van der Waals surface area contributed by atoms with Crippen molar-refractivity contribution in [3.05, 3.63) is 5.82 Å². The molecule has 0 aliphatic heterocycles. The van der Waals surface area contributed by atoms with Gasteiger partial charge in [0.2, 0.25) is 5.88 Å². The lowest BCUT2D eigenvalue weighted by Gasteiger charge is -2.30. The minimum Gasteiger partial charge on any atom is -0.476 e. The van der Waals surface area contributed by atoms with Crippen molar-refractivity contribution in [1.82, 2.24) is 9.97 Å². The third-order valence-corrected chi connectivity index (χ3v) is 3.74. The fourth-order valence-electron chi connectivity index (χ4n) is 2.62. The Bertz CT molecular complexity index is 436. The first kappa shape index (κ1) is 13.9. The topological polar surface area (TPSA) is 73.1 Å². The van der Waals surface area contributed by atoms with Gasteiger partial charge in [-0.2, -0.15) is 4.98 Å². The molecule has 106 valence electrons. The standard InChI is InChI=1S/C14H24N4O/c1-4-19-14-12(15)13(16-10(3)17-14)18-11-8-6-5-7-9(11)2/h9,11H,4-8,15H2,1-3H3,(H,16,17,18). The van der Waals surface area contributed by atoms with Crippen LogP contribution in [0.15, 0.2) is 0 Å². The third kappa shape index (κ3) is 3.28. The zero-order chi connectivity index (χ0) is 13.8. The van der Waals surface area contributed by atoms with Crippen LogP contribution in [0.3, 0.4) is 0 Å². The van der Waals surface area contributed by atoms with Crippen LogP contribution >= 0.6 is 0 Å². The lowest BCUT2D eigenvalue weighted by molar-refractivity contribution is 0.327. The minimum absolute atomic E-state index is 0.444. The maximum atomic E-state index is 6.09. The smallest absolute Gasteiger partial charge is 0.242 e. The summed E-state index contributed by atoms with van der Waals surface area (Å²) in [7, 11) is 0. The molecule has 1 aliphatic carbocycles. The summed E-state index contributed by atoms with van der Waals surface area (Å²) in [5, 5.41) is 3.48. The highest BCUT2D eigenvalue weighted by atomic mass is 16.5. The summed E-state index contributed by atoms with van der Waals surface area (Å²) in [5.74, 6) is 2.54. The second-order valence-electron chi connectivity index (χ2n) is 5.28. The Morgan fingerprint density at radius 2 is 2.05 bits per heavy atom. The zero-order valence-electron chi connectivity index (χ0n) is 12.1. The summed E-state index contributed by atoms with van der Waals surface area (Å²) in [6.07, 6.45) is 5.03. The fraction of sp³-hybridized carbons (Fsp3) is 0.714. The molecule has 3 N–H and O–H groups in total. The van der Waals surface area contributed by atoms with E-state index in [1.54, 1.807) is 0 Å². The Hall–Kier alpha value is -1.52. The van der Waals surface area contributed by atoms with E-state index in [0.717, 1.165) is 5.82 Å². The van der Waals surface area contributed by atoms with Gasteiger partial charge < -0.3 is 15.8 Å². The Balaban J connectivity index is 2.19. The van der Waals surface area contributed by atoms with Crippen molar-refractivity contribution in [2.24, 2.45) is 5.92 Å². The van der Waals surface area contributed by atoms with Gasteiger partial charge in [0.05, 0.1) is 6.61 Å². The quantitative estimate of drug-likeness (QED) is 0.874. The van der Waals surface area contributed by atoms with Crippen molar-refractivity contribution < 1.29 is 4.74 Å². The number of rotatable bonds is 4. The van der Waals surface area contributed by atoms with E-state index in [1.165, 1.54) is 25.7 Å². The Morgan fingerprint density at radius 3 is 2.74 bits per heavy atom. The summed E-state index contributed by atoms with van der Waals surface area (Å²) >= 11 is 0. The molecule has 19 heavy (non-hydrogen) atoms. The van der Waals surface area contributed by atoms with Gasteiger partial charge in [-0.15, -0.1) is 0 Å². The number of nitrogens with two attached hydrogens (primary N) is 1. The van der Waals surface area contributed by atoms with Crippen LogP contribution in [0, 0.1) is 12.8 Å². The van der Waals surface area contributed by atoms with Gasteiger partial charge in [-0.25, -0.2) is 4.98 Å². The molecule has 1 heterocycles. The first-order valence-corrected chi connectivity index (χ1v) is 7.15. The van der Waals surface area contributed by atoms with Gasteiger partial charge in [0.25, 0.3) is 0 Å². The van der Waals surface area contributed by atoms with Gasteiger partial charge in [0.15, 0.2) is 5.82 Å². The number of ether oxygens (including phenoxy) is 1. The molecule has 0 saturated heterocycles. The number of hydrogen-bond donors (Lipinski definition) is 2. The highest BCUT2D eigenvalue weighted by Gasteiger charge is 2.23. The predicted molar refractivity (Wildman–Crippen MR) is 77.4 cm³/mol. The second kappa shape index (κ2) is 6.08. The number of nitrogens with zero attached hydrogens (tertiary/aromatic N) is 2. The molecule has 0 bridgehead atoms. The number of nitrogens with one attached hydrogen (secondary N) is 1. The highest BCUT2D eigenvalue weighted by Crippen LogP contribution is 2.31. The molecule has 5 nitrogen and oxygen atoms in total. The molecular formula is C14H24N4O. The average molecular weight is 264 g/mol. The normalized spacial score (nSPS) is 23.1. The van der Waals surface area contributed by atoms with Crippen molar-refractivity contribution in [2.45, 2.75) is 52.5 Å². The van der Waals surface area contributed by atoms with Crippen molar-refractivity contribution in [2.75, 3.05) is 17.7 Å². The molecule has 1 aromatic rings. The van der Waals surface area contributed by atoms with E-state index >= 15 is 0 Å². The molecule has 1 aromatic heterocycles. The number of aryl methyl sites for hydroxylation is 1. The molecule has 1 aliphatic rings. The second-order valence-corrected chi connectivity index (χ2v) is 5.28. The molecule has 2 unspecified atom stereocenters. The van der Waals surface area contributed by atoms with E-state index in [-0.39, 0.29) is 0 Å². The van der Waals surface area contributed by atoms with Gasteiger partial charge in [-0.05, 0) is 32.6 Å². The Kier molecular flexibility index (Phi) is 4.45. The molecule has 5 heteroatoms. The van der Waals surface area contributed by atoms with Gasteiger partial charge in [-0.1, -0.05) is 19.8 Å². The van der Waals surface area contributed by atoms with Crippen LogP contribution in [0.25, 0.3) is 0 Å². The zero-order valence-corrected chi connectivity index (χ0v) is 12.1. The van der Waals surface area contributed by atoms with Crippen LogP contribution in [0.1, 0.15) is 45.4 Å². The summed E-state index contributed by atoms with van der Waals surface area (Å²) in [5.41, 5.74) is 6.61. The minimum atomic E-state index is 0.444. The number of nitrogen functional groups attached to an aromatic ring is 1. The number of anilines is 2. The van der Waals surface area contributed by atoms with Crippen LogP contribution < -0.4 is 15.8 Å². The van der Waals surface area contributed by atoms with E-state index in [1.807, 2.05) is 13.8 Å². The monoisotopic (exact) mass is 264 g/mol. The van der Waals surface area contributed by atoms with Crippen LogP contribution in [0.2, 0.25) is 0 Å². The molecular weight excluding hydrogens is 240 g/mol. The van der Waals surface area contributed by atoms with E-state index in [2.05, 4.69) is 22.2 Å². The Morgan fingerprint density at radius 1 is 1.32 bits per heavy atom. The largest absolute Gasteiger partial charge is 0.476 e. The van der Waals surface area contributed by atoms with Crippen molar-refractivity contribution in [3.63, 3.8) is 0 Å². The maximum absolute atomic E-state index is 6.09. The predicted octanol–water partition coefficient (Wildman–Crippen LogP) is 2.76. The first-order chi connectivity index (χ1) is 9.11. The van der Waals surface area contributed by atoms with Gasteiger partial charge in [-0.3, -0.25) is 0 Å². The molecule has 0 aromatic carbocycles. The molecule has 2 atom stereocenters. The molecule has 0 radical (unpaired) electrons. The van der Waals surface area contributed by atoms with Crippen molar-refractivity contribution in [1.29, 1.82) is 0 Å². The molecule has 2 rings (SSSR count).